The first-order valence-corrected chi connectivity index (χ1v) is 9.22. The summed E-state index contributed by atoms with van der Waals surface area (Å²) in [6.07, 6.45) is 3.07. The van der Waals surface area contributed by atoms with Gasteiger partial charge in [-0.2, -0.15) is 0 Å². The third-order valence-corrected chi connectivity index (χ3v) is 4.97. The predicted octanol–water partition coefficient (Wildman–Crippen LogP) is 5.24. The van der Waals surface area contributed by atoms with Crippen LogP contribution in [0, 0.1) is 11.6 Å². The van der Waals surface area contributed by atoms with Crippen LogP contribution < -0.4 is 0 Å². The van der Waals surface area contributed by atoms with Crippen molar-refractivity contribution in [3.63, 3.8) is 0 Å². The summed E-state index contributed by atoms with van der Waals surface area (Å²) in [7, 11) is 0. The summed E-state index contributed by atoms with van der Waals surface area (Å²) in [5.74, 6) is -0.593. The Morgan fingerprint density at radius 1 is 1.26 bits per heavy atom. The van der Waals surface area contributed by atoms with E-state index in [-0.39, 0.29) is 11.9 Å². The number of hydrogen-bond acceptors (Lipinski definition) is 3. The summed E-state index contributed by atoms with van der Waals surface area (Å²) in [4.78, 5) is 18.7. The minimum atomic E-state index is -0.620. The lowest BCUT2D eigenvalue weighted by molar-refractivity contribution is -0.132. The maximum atomic E-state index is 14.1. The Kier molecular flexibility index (Phi) is 4.64. The number of likely N-dealkylation sites (tertiary alicyclic amines) is 1. The molecule has 0 radical (unpaired) electrons. The molecule has 6 heteroatoms. The van der Waals surface area contributed by atoms with Crippen molar-refractivity contribution in [3.8, 4) is 11.1 Å². The molecule has 1 aliphatic rings. The molecule has 1 aromatic heterocycles. The monoisotopic (exact) mass is 370 g/mol. The van der Waals surface area contributed by atoms with Gasteiger partial charge in [0.25, 0.3) is 0 Å². The van der Waals surface area contributed by atoms with E-state index in [0.717, 1.165) is 25.3 Å². The van der Waals surface area contributed by atoms with E-state index in [1.165, 1.54) is 12.1 Å². The lowest BCUT2D eigenvalue weighted by atomic mass is 10.0. The van der Waals surface area contributed by atoms with Crippen LogP contribution in [-0.2, 0) is 4.79 Å². The molecule has 1 atom stereocenters. The maximum Gasteiger partial charge on any atom is 0.223 e. The Labute approximate surface area is 155 Å². The zero-order valence-corrected chi connectivity index (χ0v) is 15.0. The number of carbonyl (C=O) groups is 1. The van der Waals surface area contributed by atoms with Crippen molar-refractivity contribution in [3.05, 3.63) is 53.9 Å². The standard InChI is InChI=1S/C21H20F2N2O2/c1-2-4-20(26)25-10-3-5-18(25)21-24-17-11-13(6-9-19(17)27-21)15-8-7-14(22)12-16(15)23/h6-9,11-12,18H,2-5,10H2,1H3. The molecule has 2 aromatic carbocycles. The van der Waals surface area contributed by atoms with Crippen molar-refractivity contribution in [1.82, 2.24) is 9.88 Å². The van der Waals surface area contributed by atoms with Gasteiger partial charge in [-0.1, -0.05) is 13.0 Å². The number of aromatic nitrogens is 1. The molecule has 1 aliphatic heterocycles. The highest BCUT2D eigenvalue weighted by atomic mass is 19.1. The fourth-order valence-corrected chi connectivity index (χ4v) is 3.66. The number of halogens is 2. The van der Waals surface area contributed by atoms with Gasteiger partial charge in [0.1, 0.15) is 23.2 Å². The van der Waals surface area contributed by atoms with Gasteiger partial charge in [-0.3, -0.25) is 4.79 Å². The summed E-state index contributed by atoms with van der Waals surface area (Å²) in [5, 5.41) is 0. The first-order chi connectivity index (χ1) is 13.1. The highest BCUT2D eigenvalue weighted by molar-refractivity contribution is 5.81. The average Bonchev–Trinajstić information content (AvgIpc) is 3.28. The van der Waals surface area contributed by atoms with Gasteiger partial charge in [-0.15, -0.1) is 0 Å². The summed E-state index contributed by atoms with van der Waals surface area (Å²) in [5.41, 5.74) is 2.10. The van der Waals surface area contributed by atoms with Crippen molar-refractivity contribution in [2.45, 2.75) is 38.6 Å². The van der Waals surface area contributed by atoms with Gasteiger partial charge in [0, 0.05) is 24.6 Å². The first kappa shape index (κ1) is 17.6. The van der Waals surface area contributed by atoms with E-state index in [4.69, 9.17) is 4.42 Å². The van der Waals surface area contributed by atoms with Crippen molar-refractivity contribution in [1.29, 1.82) is 0 Å². The fourth-order valence-electron chi connectivity index (χ4n) is 3.66. The van der Waals surface area contributed by atoms with E-state index in [1.54, 1.807) is 18.2 Å². The fraction of sp³-hybridized carbons (Fsp3) is 0.333. The molecule has 1 amide bonds. The Balaban J connectivity index is 1.68. The first-order valence-electron chi connectivity index (χ1n) is 9.22. The minimum absolute atomic E-state index is 0.122. The van der Waals surface area contributed by atoms with E-state index in [0.29, 0.717) is 41.1 Å². The van der Waals surface area contributed by atoms with Gasteiger partial charge in [0.05, 0.1) is 0 Å². The molecule has 3 aromatic rings. The van der Waals surface area contributed by atoms with Crippen LogP contribution in [0.4, 0.5) is 8.78 Å². The lowest BCUT2D eigenvalue weighted by Crippen LogP contribution is -2.30. The van der Waals surface area contributed by atoms with Crippen LogP contribution in [0.1, 0.15) is 44.5 Å². The molecule has 2 heterocycles. The van der Waals surface area contributed by atoms with Gasteiger partial charge in [-0.25, -0.2) is 13.8 Å². The number of carbonyl (C=O) groups excluding carboxylic acids is 1. The lowest BCUT2D eigenvalue weighted by Gasteiger charge is -2.21. The maximum absolute atomic E-state index is 14.1. The highest BCUT2D eigenvalue weighted by Crippen LogP contribution is 2.35. The van der Waals surface area contributed by atoms with Crippen LogP contribution in [0.3, 0.4) is 0 Å². The molecule has 4 rings (SSSR count). The number of oxazole rings is 1. The van der Waals surface area contributed by atoms with Crippen molar-refractivity contribution >= 4 is 17.0 Å². The molecule has 1 saturated heterocycles. The van der Waals surface area contributed by atoms with Crippen molar-refractivity contribution in [2.24, 2.45) is 0 Å². The molecule has 0 aliphatic carbocycles. The number of amides is 1. The Hall–Kier alpha value is -2.76. The molecule has 4 nitrogen and oxygen atoms in total. The summed E-state index contributed by atoms with van der Waals surface area (Å²) in [6, 6.07) is 8.54. The van der Waals surface area contributed by atoms with Crippen LogP contribution in [-0.4, -0.2) is 22.3 Å². The highest BCUT2D eigenvalue weighted by Gasteiger charge is 2.33. The van der Waals surface area contributed by atoms with Crippen LogP contribution >= 0.6 is 0 Å². The van der Waals surface area contributed by atoms with Crippen LogP contribution in [0.2, 0.25) is 0 Å². The quantitative estimate of drug-likeness (QED) is 0.631. The minimum Gasteiger partial charge on any atom is -0.438 e. The molecule has 140 valence electrons. The van der Waals surface area contributed by atoms with Gasteiger partial charge < -0.3 is 9.32 Å². The van der Waals surface area contributed by atoms with Crippen LogP contribution in [0.15, 0.2) is 40.8 Å². The third kappa shape index (κ3) is 3.31. The Bertz CT molecular complexity index is 999. The SMILES string of the molecule is CCCC(=O)N1CCCC1c1nc2cc(-c3ccc(F)cc3F)ccc2o1. The molecule has 0 saturated carbocycles. The topological polar surface area (TPSA) is 46.3 Å². The zero-order chi connectivity index (χ0) is 19.0. The number of hydrogen-bond donors (Lipinski definition) is 0. The summed E-state index contributed by atoms with van der Waals surface area (Å²) < 4.78 is 33.1. The molecular weight excluding hydrogens is 350 g/mol. The zero-order valence-electron chi connectivity index (χ0n) is 15.0. The van der Waals surface area contributed by atoms with Crippen molar-refractivity contribution < 1.29 is 18.0 Å². The molecule has 1 fully saturated rings. The molecule has 0 bridgehead atoms. The van der Waals surface area contributed by atoms with Gasteiger partial charge >= 0.3 is 0 Å². The Morgan fingerprint density at radius 3 is 2.89 bits per heavy atom. The normalized spacial score (nSPS) is 17.0. The molecule has 0 spiro atoms. The molecular formula is C21H20F2N2O2. The second-order valence-electron chi connectivity index (χ2n) is 6.85. The van der Waals surface area contributed by atoms with Crippen LogP contribution in [0.5, 0.6) is 0 Å². The number of nitrogens with zero attached hydrogens (tertiary/aromatic N) is 2. The predicted molar refractivity (Wildman–Crippen MR) is 98.0 cm³/mol. The molecule has 1 unspecified atom stereocenters. The average molecular weight is 370 g/mol. The largest absolute Gasteiger partial charge is 0.438 e. The second-order valence-corrected chi connectivity index (χ2v) is 6.85. The van der Waals surface area contributed by atoms with E-state index in [9.17, 15) is 13.6 Å². The molecule has 0 N–H and O–H groups in total. The van der Waals surface area contributed by atoms with Gasteiger partial charge in [0.15, 0.2) is 5.58 Å². The summed E-state index contributed by atoms with van der Waals surface area (Å²) in [6.45, 7) is 2.70. The third-order valence-electron chi connectivity index (χ3n) is 4.97. The number of rotatable bonds is 4. The number of benzene rings is 2. The van der Waals surface area contributed by atoms with E-state index in [1.807, 2.05) is 11.8 Å². The summed E-state index contributed by atoms with van der Waals surface area (Å²) >= 11 is 0. The van der Waals surface area contributed by atoms with Crippen LogP contribution in [0.25, 0.3) is 22.2 Å². The number of fused-ring (bicyclic) bond motifs is 1. The second kappa shape index (κ2) is 7.10. The van der Waals surface area contributed by atoms with E-state index < -0.39 is 11.6 Å². The van der Waals surface area contributed by atoms with E-state index in [2.05, 4.69) is 4.98 Å². The smallest absolute Gasteiger partial charge is 0.223 e. The Morgan fingerprint density at radius 2 is 2.11 bits per heavy atom. The van der Waals surface area contributed by atoms with Gasteiger partial charge in [0.2, 0.25) is 11.8 Å². The van der Waals surface area contributed by atoms with Crippen molar-refractivity contribution in [2.75, 3.05) is 6.54 Å². The van der Waals surface area contributed by atoms with E-state index >= 15 is 0 Å². The molecule has 27 heavy (non-hydrogen) atoms. The van der Waals surface area contributed by atoms with Gasteiger partial charge in [-0.05, 0) is 49.1 Å².